The smallest absolute Gasteiger partial charge is 0.168 e. The quantitative estimate of drug-likeness (QED) is 0.0303. The molecule has 0 aliphatic carbocycles. The first-order valence-corrected chi connectivity index (χ1v) is 53.9. The van der Waals surface area contributed by atoms with Crippen LogP contribution in [0.3, 0.4) is 0 Å². The number of unbranched alkanes of at least 4 members (excludes halogenated alkanes) is 18. The van der Waals surface area contributed by atoms with Crippen molar-refractivity contribution in [1.29, 1.82) is 0 Å². The van der Waals surface area contributed by atoms with E-state index in [1.54, 1.807) is 34.6 Å². The summed E-state index contributed by atoms with van der Waals surface area (Å²) in [7, 11) is -5.27. The fourth-order valence-corrected chi connectivity index (χ4v) is 47.0. The molecule has 0 bridgehead atoms. The van der Waals surface area contributed by atoms with Gasteiger partial charge in [0.05, 0.1) is 30.4 Å². The van der Waals surface area contributed by atoms with Gasteiger partial charge in [-0.1, -0.05) is 130 Å². The molecule has 6 aromatic rings. The Hall–Kier alpha value is -0.491. The predicted molar refractivity (Wildman–Crippen MR) is 367 cm³/mol. The predicted octanol–water partition coefficient (Wildman–Crippen LogP) is 19.7. The van der Waals surface area contributed by atoms with E-state index < -0.39 is 42.6 Å². The average Bonchev–Trinajstić information content (AvgIpc) is 4.44. The molecule has 9 heterocycles. The fraction of sp³-hybridized carbons (Fsp3) is 0.662. The van der Waals surface area contributed by atoms with Gasteiger partial charge in [-0.2, -0.15) is 0 Å². The molecule has 0 saturated heterocycles. The molecule has 77 heavy (non-hydrogen) atoms. The zero-order valence-electron chi connectivity index (χ0n) is 50.6. The molecule has 12 heteroatoms. The topological polar surface area (TPSA) is 25.8 Å². The maximum absolute atomic E-state index is 5.73. The summed E-state index contributed by atoms with van der Waals surface area (Å²) in [6.45, 7) is 21.0. The van der Waals surface area contributed by atoms with Crippen LogP contribution in [0.25, 0.3) is 29.3 Å². The third-order valence-electron chi connectivity index (χ3n) is 18.0. The second kappa shape index (κ2) is 28.9. The van der Waals surface area contributed by atoms with E-state index in [2.05, 4.69) is 147 Å². The minimum atomic E-state index is -2.02. The molecule has 0 spiro atoms. The minimum Gasteiger partial charge on any atom is -0.250 e. The number of thiophene rings is 4. The average molecular weight is 1310 g/mol. The largest absolute Gasteiger partial charge is 0.250 e. The van der Waals surface area contributed by atoms with Crippen LogP contribution in [0.5, 0.6) is 0 Å². The Balaban J connectivity index is 0.000000237. The Morgan fingerprint density at radius 2 is 0.727 bits per heavy atom. The number of hydrogen-bond donors (Lipinski definition) is 0. The summed E-state index contributed by atoms with van der Waals surface area (Å²) in [4.78, 5) is 33.3. The van der Waals surface area contributed by atoms with Crippen molar-refractivity contribution in [3.8, 4) is 29.3 Å². The van der Waals surface area contributed by atoms with Crippen LogP contribution in [0, 0.1) is 20.8 Å². The Bertz CT molecular complexity index is 2640. The third kappa shape index (κ3) is 13.9. The van der Waals surface area contributed by atoms with Gasteiger partial charge >= 0.3 is 188 Å². The van der Waals surface area contributed by atoms with E-state index in [0.717, 1.165) is 6.42 Å². The van der Waals surface area contributed by atoms with E-state index in [-0.39, 0.29) is 0 Å². The van der Waals surface area contributed by atoms with Crippen molar-refractivity contribution in [2.24, 2.45) is 0 Å². The standard InChI is InChI=1S/C41H62N2S4Si2.C21H31S2Si.3CH3.Sn/c1-7-11-15-19-23-48(24-20-16-12-8-2)33-27-30(5)44-36(33)37-34(48)28-32(46-37)29-35-43-41-39(47-35)38-40(42-31(6)45-38)49(41,25-21-17-13-9-3)26-22-18-14-10-4;1-4-6-8-10-14-24(15-11-9-7-5-2)18-12-13-22-20(18)21-19(24)16-17(3)23-21;;;;/h27-28H,7-26,29H2,1-6H3;12,16H,4-11,14-15H2,1-3H3;3*1H3;. The van der Waals surface area contributed by atoms with Crippen molar-refractivity contribution in [3.05, 3.63) is 48.9 Å². The summed E-state index contributed by atoms with van der Waals surface area (Å²) in [6, 6.07) is 19.4. The van der Waals surface area contributed by atoms with Crippen molar-refractivity contribution < 1.29 is 0 Å². The van der Waals surface area contributed by atoms with E-state index in [1.165, 1.54) is 220 Å². The van der Waals surface area contributed by atoms with Crippen molar-refractivity contribution >= 4 is 145 Å². The molecule has 0 saturated carbocycles. The van der Waals surface area contributed by atoms with Gasteiger partial charge in [-0.25, -0.2) is 4.98 Å². The van der Waals surface area contributed by atoms with Crippen LogP contribution in [0.4, 0.5) is 0 Å². The molecule has 0 unspecified atom stereocenters. The Morgan fingerprint density at radius 1 is 0.364 bits per heavy atom. The first-order valence-electron chi connectivity index (χ1n) is 31.7. The van der Waals surface area contributed by atoms with Gasteiger partial charge < -0.3 is 0 Å². The molecule has 0 amide bonds. The number of aryl methyl sites for hydroxylation is 3. The molecule has 0 atom stereocenters. The number of thiazole rings is 2. The second-order valence-electron chi connectivity index (χ2n) is 25.2. The summed E-state index contributed by atoms with van der Waals surface area (Å²) in [5.74, 6) is 0. The number of nitrogens with zero attached hydrogens (tertiary/aromatic N) is 2. The molecule has 0 radical (unpaired) electrons. The van der Waals surface area contributed by atoms with Gasteiger partial charge in [0, 0.05) is 25.9 Å². The van der Waals surface area contributed by atoms with E-state index in [1.807, 2.05) is 46.3 Å². The number of aromatic nitrogens is 2. The molecular weight excluding hydrogens is 1200 g/mol. The number of hydrogen-bond acceptors (Lipinski definition) is 8. The summed E-state index contributed by atoms with van der Waals surface area (Å²) >= 11 is 10.5. The summed E-state index contributed by atoms with van der Waals surface area (Å²) in [5, 5.41) is 13.1. The number of fused-ring (bicyclic) bond motifs is 9. The van der Waals surface area contributed by atoms with E-state index in [9.17, 15) is 0 Å². The van der Waals surface area contributed by atoms with E-state index >= 15 is 0 Å². The Morgan fingerprint density at radius 3 is 1.16 bits per heavy atom. The molecule has 0 fully saturated rings. The minimum absolute atomic E-state index is 1.02. The van der Waals surface area contributed by atoms with Crippen LogP contribution >= 0.6 is 68.0 Å². The first kappa shape index (κ1) is 62.6. The van der Waals surface area contributed by atoms with Crippen LogP contribution in [0.15, 0.2) is 24.3 Å². The van der Waals surface area contributed by atoms with Gasteiger partial charge in [0.1, 0.15) is 8.07 Å². The van der Waals surface area contributed by atoms with Crippen LogP contribution < -0.4 is 34.3 Å². The zero-order chi connectivity index (χ0) is 54.8. The van der Waals surface area contributed by atoms with Crippen molar-refractivity contribution in [2.45, 2.75) is 274 Å². The van der Waals surface area contributed by atoms with Crippen LogP contribution in [0.1, 0.15) is 220 Å². The van der Waals surface area contributed by atoms with Gasteiger partial charge in [0.25, 0.3) is 0 Å². The summed E-state index contributed by atoms with van der Waals surface area (Å²) in [5.41, 5.74) is 0. The SMILES string of the molecule is CCCCCC[Si]1(CCCCCC)c2cc(C)sc2-c2s[c]([Sn]([CH3])([CH3])[CH3])cc21.CCCCCC[Si]1(CCCCCC)c2cc(C)sc2-c2sc(Cc3nc4c(s3)-c3sc(C)nc3[Si]4(CCCCCC)CCCCCC)cc21. The van der Waals surface area contributed by atoms with Crippen LogP contribution in [-0.4, -0.2) is 52.6 Å². The van der Waals surface area contributed by atoms with Crippen LogP contribution in [0.2, 0.25) is 51.1 Å². The monoisotopic (exact) mass is 1310 g/mol. The van der Waals surface area contributed by atoms with Crippen molar-refractivity contribution in [2.75, 3.05) is 0 Å². The molecule has 3 aliphatic rings. The van der Waals surface area contributed by atoms with Gasteiger partial charge in [-0.05, 0) is 60.5 Å². The molecule has 3 aliphatic heterocycles. The molecule has 9 rings (SSSR count). The Kier molecular flexibility index (Phi) is 23.4. The molecule has 6 aromatic heterocycles. The zero-order valence-corrected chi connectivity index (χ0v) is 61.3. The molecular formula is C65H102N2S6Si3Sn. The third-order valence-corrected chi connectivity index (χ3v) is 50.9. The fourth-order valence-electron chi connectivity index (χ4n) is 13.8. The normalized spacial score (nSPS) is 15.1. The van der Waals surface area contributed by atoms with Crippen LogP contribution in [-0.2, 0) is 6.42 Å². The van der Waals surface area contributed by atoms with E-state index in [0.29, 0.717) is 0 Å². The molecule has 424 valence electrons. The number of rotatable bonds is 33. The first-order chi connectivity index (χ1) is 37.2. The maximum Gasteiger partial charge on any atom is 0.168 e. The molecule has 0 N–H and O–H groups in total. The molecule has 0 aromatic carbocycles. The van der Waals surface area contributed by atoms with Gasteiger partial charge in [0.2, 0.25) is 0 Å². The van der Waals surface area contributed by atoms with Crippen molar-refractivity contribution in [3.63, 3.8) is 0 Å². The van der Waals surface area contributed by atoms with E-state index in [4.69, 9.17) is 9.97 Å². The molecule has 2 nitrogen and oxygen atoms in total. The summed E-state index contributed by atoms with van der Waals surface area (Å²) < 4.78 is 1.81. The van der Waals surface area contributed by atoms with Gasteiger partial charge in [-0.15, -0.1) is 45.3 Å². The second-order valence-corrected chi connectivity index (χ2v) is 60.2. The van der Waals surface area contributed by atoms with Gasteiger partial charge in [0.15, 0.2) is 8.07 Å². The maximum atomic E-state index is 5.73. The van der Waals surface area contributed by atoms with Gasteiger partial charge in [-0.3, -0.25) is 4.98 Å². The van der Waals surface area contributed by atoms with Crippen molar-refractivity contribution in [1.82, 2.24) is 9.97 Å². The summed E-state index contributed by atoms with van der Waals surface area (Å²) in [6.07, 6.45) is 34.1. The Labute approximate surface area is 501 Å².